The number of nitrogens with zero attached hydrogens (tertiary/aromatic N) is 1. The third-order valence-electron chi connectivity index (χ3n) is 5.80. The molecule has 11 heteroatoms. The predicted molar refractivity (Wildman–Crippen MR) is 119 cm³/mol. The molecule has 4 atom stereocenters. The average molecular weight is 481 g/mol. The number of ether oxygens (including phenoxy) is 1. The molecule has 1 aromatic heterocycles. The van der Waals surface area contributed by atoms with Crippen LogP contribution < -0.4 is 16.4 Å². The van der Waals surface area contributed by atoms with E-state index in [1.807, 2.05) is 25.2 Å². The third kappa shape index (κ3) is 4.90. The molecule has 2 aromatic rings. The van der Waals surface area contributed by atoms with Crippen molar-refractivity contribution in [3.63, 3.8) is 0 Å². The molecule has 0 saturated carbocycles. The Kier molecular flexibility index (Phi) is 6.21. The van der Waals surface area contributed by atoms with Crippen LogP contribution in [-0.4, -0.2) is 47.0 Å². The van der Waals surface area contributed by atoms with Crippen molar-refractivity contribution < 1.29 is 27.8 Å². The van der Waals surface area contributed by atoms with Gasteiger partial charge in [-0.25, -0.2) is 9.78 Å². The molecule has 5 N–H and O–H groups in total. The molecule has 2 aliphatic rings. The molecule has 1 amide bonds. The van der Waals surface area contributed by atoms with E-state index in [1.54, 1.807) is 6.20 Å². The lowest BCUT2D eigenvalue weighted by atomic mass is 9.88. The number of alkyl carbamates (subject to hydrolysis) is 1. The van der Waals surface area contributed by atoms with Gasteiger partial charge in [-0.15, -0.1) is 0 Å². The van der Waals surface area contributed by atoms with Crippen LogP contribution in [0.3, 0.4) is 0 Å². The predicted octanol–water partition coefficient (Wildman–Crippen LogP) is 3.50. The Balaban J connectivity index is 1.39. The number of alkyl halides is 3. The molecule has 7 nitrogen and oxygen atoms in total. The molecule has 4 rings (SSSR count). The summed E-state index contributed by atoms with van der Waals surface area (Å²) in [5, 5.41) is 16.3. The maximum Gasteiger partial charge on any atom is 0.416 e. The fraction of sp³-hybridized carbons (Fsp3) is 0.364. The number of benzene rings is 1. The fourth-order valence-corrected chi connectivity index (χ4v) is 4.62. The van der Waals surface area contributed by atoms with Crippen molar-refractivity contribution in [1.29, 1.82) is 0 Å². The van der Waals surface area contributed by atoms with E-state index in [0.717, 1.165) is 22.6 Å². The molecule has 0 radical (unpaired) electrons. The first-order chi connectivity index (χ1) is 15.6. The Morgan fingerprint density at radius 1 is 1.36 bits per heavy atom. The quantitative estimate of drug-likeness (QED) is 0.483. The van der Waals surface area contributed by atoms with Crippen LogP contribution in [0, 0.1) is 0 Å². The first-order valence-corrected chi connectivity index (χ1v) is 11.0. The Morgan fingerprint density at radius 2 is 2.09 bits per heavy atom. The highest BCUT2D eigenvalue weighted by Crippen LogP contribution is 2.35. The van der Waals surface area contributed by atoms with E-state index in [9.17, 15) is 23.1 Å². The van der Waals surface area contributed by atoms with Gasteiger partial charge in [-0.2, -0.15) is 13.2 Å². The number of carbonyl (C=O) groups is 1. The summed E-state index contributed by atoms with van der Waals surface area (Å²) in [5.41, 5.74) is 6.30. The summed E-state index contributed by atoms with van der Waals surface area (Å²) < 4.78 is 43.6. The number of carbonyl (C=O) groups excluding carboxylic acids is 1. The molecular weight excluding hydrogens is 457 g/mol. The molecule has 2 heterocycles. The Bertz CT molecular complexity index is 1080. The molecule has 0 bridgehead atoms. The Labute approximate surface area is 192 Å². The number of aliphatic hydroxyl groups is 1. The zero-order valence-electron chi connectivity index (χ0n) is 17.6. The fourth-order valence-electron chi connectivity index (χ4n) is 3.79. The van der Waals surface area contributed by atoms with Crippen LogP contribution in [0.5, 0.6) is 0 Å². The summed E-state index contributed by atoms with van der Waals surface area (Å²) in [6.07, 6.45) is 2.06. The molecule has 1 aliphatic heterocycles. The maximum atomic E-state index is 12.8. The highest BCUT2D eigenvalue weighted by Gasteiger charge is 2.43. The highest BCUT2D eigenvalue weighted by atomic mass is 32.1. The van der Waals surface area contributed by atoms with Crippen LogP contribution >= 0.6 is 11.3 Å². The summed E-state index contributed by atoms with van der Waals surface area (Å²) >= 11 is 1.39. The van der Waals surface area contributed by atoms with E-state index in [1.165, 1.54) is 23.5 Å². The minimum Gasteiger partial charge on any atom is -0.439 e. The Hall–Kier alpha value is -2.89. The van der Waals surface area contributed by atoms with E-state index < -0.39 is 41.4 Å². The minimum atomic E-state index is -4.42. The summed E-state index contributed by atoms with van der Waals surface area (Å²) in [7, 11) is 0. The molecule has 1 aliphatic carbocycles. The van der Waals surface area contributed by atoms with Gasteiger partial charge in [0.05, 0.1) is 22.6 Å². The van der Waals surface area contributed by atoms with Crippen molar-refractivity contribution in [3.05, 3.63) is 64.7 Å². The molecule has 176 valence electrons. The van der Waals surface area contributed by atoms with Crippen LogP contribution in [0.25, 0.3) is 5.57 Å². The van der Waals surface area contributed by atoms with Crippen molar-refractivity contribution in [3.8, 4) is 0 Å². The van der Waals surface area contributed by atoms with E-state index >= 15 is 0 Å². The lowest BCUT2D eigenvalue weighted by Crippen LogP contribution is -2.43. The number of thiazole rings is 1. The summed E-state index contributed by atoms with van der Waals surface area (Å²) in [5.74, 6) is -0.537. The molecule has 33 heavy (non-hydrogen) atoms. The van der Waals surface area contributed by atoms with Crippen LogP contribution in [0.15, 0.2) is 48.7 Å². The number of anilines is 1. The van der Waals surface area contributed by atoms with Gasteiger partial charge in [-0.05, 0) is 36.3 Å². The second-order valence-corrected chi connectivity index (χ2v) is 9.20. The average Bonchev–Trinajstić information content (AvgIpc) is 3.34. The van der Waals surface area contributed by atoms with Crippen molar-refractivity contribution in [2.45, 2.75) is 36.7 Å². The second-order valence-electron chi connectivity index (χ2n) is 8.17. The van der Waals surface area contributed by atoms with Gasteiger partial charge in [-0.3, -0.25) is 0 Å². The van der Waals surface area contributed by atoms with E-state index in [2.05, 4.69) is 15.6 Å². The number of hydrogen-bond acceptors (Lipinski definition) is 7. The zero-order valence-corrected chi connectivity index (χ0v) is 18.4. The van der Waals surface area contributed by atoms with Gasteiger partial charge in [0, 0.05) is 24.7 Å². The number of rotatable bonds is 7. The van der Waals surface area contributed by atoms with Crippen LogP contribution in [-0.2, 0) is 10.9 Å². The molecular formula is C22H23F3N4O3S. The maximum absolute atomic E-state index is 12.8. The van der Waals surface area contributed by atoms with Gasteiger partial charge in [0.1, 0.15) is 6.10 Å². The highest BCUT2D eigenvalue weighted by molar-refractivity contribution is 7.16. The number of aliphatic hydroxyl groups excluding tert-OH is 1. The number of aromatic nitrogens is 1. The van der Waals surface area contributed by atoms with E-state index in [4.69, 9.17) is 10.5 Å². The minimum absolute atomic E-state index is 0.260. The van der Waals surface area contributed by atoms with Crippen molar-refractivity contribution >= 4 is 28.1 Å². The van der Waals surface area contributed by atoms with Gasteiger partial charge in [0.25, 0.3) is 0 Å². The number of nitrogens with one attached hydrogen (secondary N) is 2. The number of allylic oxidation sites excluding steroid dienone is 2. The lowest BCUT2D eigenvalue weighted by molar-refractivity contribution is -0.137. The Morgan fingerprint density at radius 3 is 2.76 bits per heavy atom. The lowest BCUT2D eigenvalue weighted by Gasteiger charge is -2.26. The van der Waals surface area contributed by atoms with Crippen molar-refractivity contribution in [1.82, 2.24) is 10.3 Å². The number of hydrogen-bond donors (Lipinski definition) is 4. The smallest absolute Gasteiger partial charge is 0.416 e. The van der Waals surface area contributed by atoms with E-state index in [0.29, 0.717) is 10.7 Å². The SMILES string of the molecule is CC12C=CC(c3cnc(NC[C@@H](N)[C@@H](CO)c4ccc(C(F)(F)F)cc4)s3)=CC1OC(=O)N2. The molecule has 1 aromatic carbocycles. The summed E-state index contributed by atoms with van der Waals surface area (Å²) in [6, 6.07) is 4.09. The molecule has 1 fully saturated rings. The molecule has 0 spiro atoms. The van der Waals surface area contributed by atoms with Crippen LogP contribution in [0.1, 0.15) is 28.8 Å². The van der Waals surface area contributed by atoms with E-state index in [-0.39, 0.29) is 13.2 Å². The number of amides is 1. The van der Waals surface area contributed by atoms with Crippen molar-refractivity contribution in [2.24, 2.45) is 5.73 Å². The van der Waals surface area contributed by atoms with Gasteiger partial charge in [-0.1, -0.05) is 35.6 Å². The normalized spacial score (nSPS) is 23.9. The molecule has 2 unspecified atom stereocenters. The van der Waals surface area contributed by atoms with Gasteiger partial charge < -0.3 is 26.2 Å². The first kappa shape index (κ1) is 23.3. The summed E-state index contributed by atoms with van der Waals surface area (Å²) in [4.78, 5) is 16.8. The first-order valence-electron chi connectivity index (χ1n) is 10.2. The van der Waals surface area contributed by atoms with Crippen LogP contribution in [0.2, 0.25) is 0 Å². The second kappa shape index (κ2) is 8.81. The van der Waals surface area contributed by atoms with Gasteiger partial charge in [0.2, 0.25) is 0 Å². The monoisotopic (exact) mass is 480 g/mol. The van der Waals surface area contributed by atoms with Gasteiger partial charge in [0.15, 0.2) is 5.13 Å². The number of fused-ring (bicyclic) bond motifs is 1. The number of nitrogens with two attached hydrogens (primary N) is 1. The van der Waals surface area contributed by atoms with Gasteiger partial charge >= 0.3 is 12.3 Å². The zero-order chi connectivity index (χ0) is 23.8. The topological polar surface area (TPSA) is 110 Å². The largest absolute Gasteiger partial charge is 0.439 e. The van der Waals surface area contributed by atoms with Crippen LogP contribution in [0.4, 0.5) is 23.1 Å². The standard InChI is InChI=1S/C22H23F3N4O3S/c1-21-7-6-13(8-18(21)32-20(31)29-21)17-10-28-19(33-17)27-9-16(26)15(11-30)12-2-4-14(5-3-12)22(23,24)25/h2-8,10,15-16,18,30H,9,11,26H2,1H3,(H,27,28)(H,29,31)/t15-,16+,18?,21?/m0/s1. The third-order valence-corrected chi connectivity index (χ3v) is 6.80. The summed E-state index contributed by atoms with van der Waals surface area (Å²) in [6.45, 7) is 1.83. The number of halogens is 3. The molecule has 1 saturated heterocycles. The van der Waals surface area contributed by atoms with Crippen molar-refractivity contribution in [2.75, 3.05) is 18.5 Å².